The van der Waals surface area contributed by atoms with Gasteiger partial charge in [-0.25, -0.2) is 4.98 Å². The van der Waals surface area contributed by atoms with Gasteiger partial charge in [-0.05, 0) is 41.9 Å². The summed E-state index contributed by atoms with van der Waals surface area (Å²) in [5.41, 5.74) is 0. The van der Waals surface area contributed by atoms with Crippen LogP contribution < -0.4 is 4.74 Å². The quantitative estimate of drug-likeness (QED) is 0.857. The van der Waals surface area contributed by atoms with Crippen molar-refractivity contribution in [2.24, 2.45) is 0 Å². The minimum atomic E-state index is 0.398. The van der Waals surface area contributed by atoms with Crippen molar-refractivity contribution >= 4 is 15.9 Å². The minimum absolute atomic E-state index is 0.398. The van der Waals surface area contributed by atoms with Gasteiger partial charge in [-0.1, -0.05) is 12.1 Å². The Morgan fingerprint density at radius 3 is 2.82 bits per heavy atom. The number of hydrogen-bond acceptors (Lipinski definition) is 2. The zero-order valence-electron chi connectivity index (χ0n) is 9.93. The summed E-state index contributed by atoms with van der Waals surface area (Å²) in [4.78, 5) is 4.30. The topological polar surface area (TPSA) is 27.1 Å². The Bertz CT molecular complexity index is 494. The Kier molecular flexibility index (Phi) is 3.84. The normalized spacial score (nSPS) is 10.8. The largest absolute Gasteiger partial charge is 0.485 e. The first kappa shape index (κ1) is 12.2. The summed E-state index contributed by atoms with van der Waals surface area (Å²) < 4.78 is 8.81. The molecule has 0 bridgehead atoms. The Morgan fingerprint density at radius 1 is 1.35 bits per heavy atom. The second-order valence-electron chi connectivity index (χ2n) is 4.06. The molecular formula is C13H15BrN2O. The molecule has 0 N–H and O–H groups in total. The second-order valence-corrected chi connectivity index (χ2v) is 4.92. The number of benzene rings is 1. The van der Waals surface area contributed by atoms with Crippen molar-refractivity contribution < 1.29 is 4.74 Å². The SMILES string of the molecule is CC(C)n1ccnc1COc1ccccc1Br. The molecule has 17 heavy (non-hydrogen) atoms. The maximum atomic E-state index is 5.74. The molecule has 0 fully saturated rings. The number of para-hydroxylation sites is 1. The summed E-state index contributed by atoms with van der Waals surface area (Å²) in [6.07, 6.45) is 3.78. The lowest BCUT2D eigenvalue weighted by Crippen LogP contribution is -2.08. The van der Waals surface area contributed by atoms with Crippen molar-refractivity contribution in [2.75, 3.05) is 0 Å². The summed E-state index contributed by atoms with van der Waals surface area (Å²) in [7, 11) is 0. The van der Waals surface area contributed by atoms with Gasteiger partial charge in [-0.2, -0.15) is 0 Å². The van der Waals surface area contributed by atoms with Gasteiger partial charge in [0.2, 0.25) is 0 Å². The van der Waals surface area contributed by atoms with Gasteiger partial charge in [0.05, 0.1) is 4.47 Å². The van der Waals surface area contributed by atoms with Crippen molar-refractivity contribution in [3.8, 4) is 5.75 Å². The van der Waals surface area contributed by atoms with Crippen LogP contribution in [-0.4, -0.2) is 9.55 Å². The van der Waals surface area contributed by atoms with Crippen molar-refractivity contribution in [3.63, 3.8) is 0 Å². The molecule has 0 amide bonds. The van der Waals surface area contributed by atoms with E-state index in [1.165, 1.54) is 0 Å². The van der Waals surface area contributed by atoms with Crippen molar-refractivity contribution in [3.05, 3.63) is 47.0 Å². The maximum absolute atomic E-state index is 5.74. The molecule has 3 nitrogen and oxygen atoms in total. The highest BCUT2D eigenvalue weighted by molar-refractivity contribution is 9.10. The molecule has 1 aromatic carbocycles. The molecule has 0 spiro atoms. The maximum Gasteiger partial charge on any atom is 0.147 e. The predicted octanol–water partition coefficient (Wildman–Crippen LogP) is 3.81. The number of halogens is 1. The van der Waals surface area contributed by atoms with E-state index in [4.69, 9.17) is 4.74 Å². The molecule has 0 aliphatic rings. The minimum Gasteiger partial charge on any atom is -0.485 e. The van der Waals surface area contributed by atoms with Crippen molar-refractivity contribution in [1.29, 1.82) is 0 Å². The van der Waals surface area contributed by atoms with Crippen LogP contribution in [0.3, 0.4) is 0 Å². The molecule has 0 saturated carbocycles. The number of rotatable bonds is 4. The summed E-state index contributed by atoms with van der Waals surface area (Å²) in [6, 6.07) is 8.22. The van der Waals surface area contributed by atoms with E-state index in [9.17, 15) is 0 Å². The van der Waals surface area contributed by atoms with Gasteiger partial charge >= 0.3 is 0 Å². The average Bonchev–Trinajstić information content (AvgIpc) is 2.76. The lowest BCUT2D eigenvalue weighted by molar-refractivity contribution is 0.284. The first-order valence-electron chi connectivity index (χ1n) is 5.57. The summed E-state index contributed by atoms with van der Waals surface area (Å²) >= 11 is 3.46. The molecule has 0 unspecified atom stereocenters. The van der Waals surface area contributed by atoms with E-state index in [1.807, 2.05) is 30.5 Å². The third kappa shape index (κ3) is 2.88. The van der Waals surface area contributed by atoms with Gasteiger partial charge in [0.1, 0.15) is 18.2 Å². The number of nitrogens with zero attached hydrogens (tertiary/aromatic N) is 2. The molecule has 0 saturated heterocycles. The van der Waals surface area contributed by atoms with Crippen LogP contribution in [0.5, 0.6) is 5.75 Å². The standard InChI is InChI=1S/C13H15BrN2O/c1-10(2)16-8-7-15-13(16)9-17-12-6-4-3-5-11(12)14/h3-8,10H,9H2,1-2H3. The van der Waals surface area contributed by atoms with Crippen LogP contribution in [0.4, 0.5) is 0 Å². The van der Waals surface area contributed by atoms with Crippen LogP contribution in [0.25, 0.3) is 0 Å². The number of aromatic nitrogens is 2. The number of hydrogen-bond donors (Lipinski definition) is 0. The molecule has 4 heteroatoms. The van der Waals surface area contributed by atoms with Crippen LogP contribution in [-0.2, 0) is 6.61 Å². The lowest BCUT2D eigenvalue weighted by atomic mass is 10.3. The fourth-order valence-corrected chi connectivity index (χ4v) is 2.03. The third-order valence-corrected chi connectivity index (χ3v) is 3.15. The van der Waals surface area contributed by atoms with Crippen LogP contribution in [0.2, 0.25) is 0 Å². The zero-order valence-corrected chi connectivity index (χ0v) is 11.5. The van der Waals surface area contributed by atoms with E-state index in [1.54, 1.807) is 6.20 Å². The predicted molar refractivity (Wildman–Crippen MR) is 71.1 cm³/mol. The van der Waals surface area contributed by atoms with E-state index in [0.717, 1.165) is 16.0 Å². The van der Waals surface area contributed by atoms with Gasteiger partial charge in [0, 0.05) is 18.4 Å². The molecule has 2 aromatic rings. The Balaban J connectivity index is 2.08. The van der Waals surface area contributed by atoms with Crippen LogP contribution in [0.1, 0.15) is 25.7 Å². The third-order valence-electron chi connectivity index (χ3n) is 2.50. The van der Waals surface area contributed by atoms with E-state index < -0.39 is 0 Å². The highest BCUT2D eigenvalue weighted by atomic mass is 79.9. The molecule has 0 aliphatic carbocycles. The molecule has 0 atom stereocenters. The monoisotopic (exact) mass is 294 g/mol. The van der Waals surface area contributed by atoms with Gasteiger partial charge in [-0.15, -0.1) is 0 Å². The second kappa shape index (κ2) is 5.36. The van der Waals surface area contributed by atoms with E-state index >= 15 is 0 Å². The fraction of sp³-hybridized carbons (Fsp3) is 0.308. The van der Waals surface area contributed by atoms with Gasteiger partial charge in [0.25, 0.3) is 0 Å². The Labute approximate surface area is 110 Å². The number of ether oxygens (including phenoxy) is 1. The van der Waals surface area contributed by atoms with E-state index in [0.29, 0.717) is 12.6 Å². The first-order valence-corrected chi connectivity index (χ1v) is 6.37. The zero-order chi connectivity index (χ0) is 12.3. The molecule has 90 valence electrons. The van der Waals surface area contributed by atoms with Crippen LogP contribution in [0, 0.1) is 0 Å². The fourth-order valence-electron chi connectivity index (χ4n) is 1.63. The summed E-state index contributed by atoms with van der Waals surface area (Å²) in [6.45, 7) is 4.74. The Hall–Kier alpha value is -1.29. The van der Waals surface area contributed by atoms with Crippen LogP contribution in [0.15, 0.2) is 41.1 Å². The number of imidazole rings is 1. The van der Waals surface area contributed by atoms with Crippen LogP contribution >= 0.6 is 15.9 Å². The highest BCUT2D eigenvalue weighted by Gasteiger charge is 2.07. The highest BCUT2D eigenvalue weighted by Crippen LogP contribution is 2.24. The van der Waals surface area contributed by atoms with Gasteiger partial charge in [-0.3, -0.25) is 0 Å². The molecule has 0 radical (unpaired) electrons. The smallest absolute Gasteiger partial charge is 0.147 e. The molecule has 0 aliphatic heterocycles. The van der Waals surface area contributed by atoms with Crippen molar-refractivity contribution in [1.82, 2.24) is 9.55 Å². The summed E-state index contributed by atoms with van der Waals surface area (Å²) in [5, 5.41) is 0. The summed E-state index contributed by atoms with van der Waals surface area (Å²) in [5.74, 6) is 1.78. The molecule has 1 aromatic heterocycles. The van der Waals surface area contributed by atoms with E-state index in [2.05, 4.69) is 39.3 Å². The molecule has 1 heterocycles. The van der Waals surface area contributed by atoms with Gasteiger partial charge in [0.15, 0.2) is 0 Å². The average molecular weight is 295 g/mol. The molecular weight excluding hydrogens is 280 g/mol. The lowest BCUT2D eigenvalue weighted by Gasteiger charge is -2.12. The molecule has 2 rings (SSSR count). The van der Waals surface area contributed by atoms with Crippen molar-refractivity contribution in [2.45, 2.75) is 26.5 Å². The van der Waals surface area contributed by atoms with Gasteiger partial charge < -0.3 is 9.30 Å². The first-order chi connectivity index (χ1) is 8.18. The van der Waals surface area contributed by atoms with E-state index in [-0.39, 0.29) is 0 Å². The Morgan fingerprint density at radius 2 is 2.12 bits per heavy atom.